The molecule has 0 aliphatic carbocycles. The Bertz CT molecular complexity index is 405. The lowest BCUT2D eigenvalue weighted by Crippen LogP contribution is -2.19. The third-order valence-electron chi connectivity index (χ3n) is 2.37. The van der Waals surface area contributed by atoms with E-state index in [0.717, 1.165) is 5.69 Å². The van der Waals surface area contributed by atoms with Gasteiger partial charge in [-0.1, -0.05) is 13.8 Å². The Labute approximate surface area is 94.5 Å². The number of imidazole rings is 1. The molecule has 15 heavy (non-hydrogen) atoms. The number of nitrogens with zero attached hydrogens (tertiary/aromatic N) is 1. The Kier molecular flexibility index (Phi) is 3.68. The fraction of sp³-hybridized carbons (Fsp3) is 0.600. The SMILES string of the molecule is CC(C)c1c[nH]c(=S)n1C(C)CC(N)=O. The van der Waals surface area contributed by atoms with Gasteiger partial charge in [0.2, 0.25) is 5.91 Å². The molecule has 0 saturated heterocycles. The number of amides is 1. The normalized spacial score (nSPS) is 13.1. The molecule has 0 saturated carbocycles. The molecule has 1 amide bonds. The minimum absolute atomic E-state index is 0.0126. The first-order chi connectivity index (χ1) is 6.93. The van der Waals surface area contributed by atoms with Crippen molar-refractivity contribution >= 4 is 18.1 Å². The second-order valence-corrected chi connectivity index (χ2v) is 4.45. The van der Waals surface area contributed by atoms with E-state index in [9.17, 15) is 4.79 Å². The van der Waals surface area contributed by atoms with E-state index >= 15 is 0 Å². The van der Waals surface area contributed by atoms with Crippen molar-refractivity contribution in [3.63, 3.8) is 0 Å². The summed E-state index contributed by atoms with van der Waals surface area (Å²) in [4.78, 5) is 13.9. The second-order valence-electron chi connectivity index (χ2n) is 4.06. The van der Waals surface area contributed by atoms with Gasteiger partial charge in [0, 0.05) is 24.4 Å². The van der Waals surface area contributed by atoms with E-state index < -0.39 is 0 Å². The van der Waals surface area contributed by atoms with Gasteiger partial charge in [0.25, 0.3) is 0 Å². The number of H-pyrrole nitrogens is 1. The summed E-state index contributed by atoms with van der Waals surface area (Å²) < 4.78 is 2.61. The van der Waals surface area contributed by atoms with E-state index in [-0.39, 0.29) is 11.9 Å². The van der Waals surface area contributed by atoms with Crippen LogP contribution in [0.2, 0.25) is 0 Å². The number of aromatic nitrogens is 2. The van der Waals surface area contributed by atoms with Gasteiger partial charge < -0.3 is 15.3 Å². The van der Waals surface area contributed by atoms with Crippen LogP contribution in [0.3, 0.4) is 0 Å². The molecule has 0 fully saturated rings. The summed E-state index contributed by atoms with van der Waals surface area (Å²) in [6, 6.07) is 0.0126. The highest BCUT2D eigenvalue weighted by Crippen LogP contribution is 2.21. The Morgan fingerprint density at radius 1 is 1.60 bits per heavy atom. The summed E-state index contributed by atoms with van der Waals surface area (Å²) in [5.41, 5.74) is 6.28. The minimum atomic E-state index is -0.305. The van der Waals surface area contributed by atoms with Crippen LogP contribution in [-0.2, 0) is 4.79 Å². The second kappa shape index (κ2) is 4.61. The average Bonchev–Trinajstić information content (AvgIpc) is 2.45. The Morgan fingerprint density at radius 3 is 2.67 bits per heavy atom. The van der Waals surface area contributed by atoms with Crippen molar-refractivity contribution in [3.8, 4) is 0 Å². The van der Waals surface area contributed by atoms with Crippen LogP contribution in [0.25, 0.3) is 0 Å². The highest BCUT2D eigenvalue weighted by atomic mass is 32.1. The highest BCUT2D eigenvalue weighted by molar-refractivity contribution is 7.71. The topological polar surface area (TPSA) is 63.8 Å². The number of primary amides is 1. The maximum atomic E-state index is 10.9. The molecule has 0 bridgehead atoms. The number of nitrogens with two attached hydrogens (primary N) is 1. The largest absolute Gasteiger partial charge is 0.370 e. The first kappa shape index (κ1) is 12.0. The lowest BCUT2D eigenvalue weighted by Gasteiger charge is -2.17. The van der Waals surface area contributed by atoms with Gasteiger partial charge in [-0.15, -0.1) is 0 Å². The van der Waals surface area contributed by atoms with Crippen molar-refractivity contribution < 1.29 is 4.79 Å². The number of hydrogen-bond donors (Lipinski definition) is 2. The molecule has 1 aromatic heterocycles. The standard InChI is InChI=1S/C10H17N3OS/c1-6(2)8-5-12-10(15)13(8)7(3)4-9(11)14/h5-7H,4H2,1-3H3,(H2,11,14)(H,12,15). The third-order valence-corrected chi connectivity index (χ3v) is 2.68. The van der Waals surface area contributed by atoms with Crippen LogP contribution >= 0.6 is 12.2 Å². The van der Waals surface area contributed by atoms with Crippen LogP contribution in [0, 0.1) is 4.77 Å². The van der Waals surface area contributed by atoms with Gasteiger partial charge in [0.15, 0.2) is 4.77 Å². The molecule has 0 radical (unpaired) electrons. The predicted molar refractivity (Wildman–Crippen MR) is 62.2 cm³/mol. The van der Waals surface area contributed by atoms with Gasteiger partial charge in [-0.3, -0.25) is 4.79 Å². The van der Waals surface area contributed by atoms with Crippen molar-refractivity contribution in [2.45, 2.75) is 39.2 Å². The van der Waals surface area contributed by atoms with E-state index in [4.69, 9.17) is 18.0 Å². The van der Waals surface area contributed by atoms with Gasteiger partial charge in [-0.2, -0.15) is 0 Å². The van der Waals surface area contributed by atoms with E-state index in [1.54, 1.807) is 0 Å². The first-order valence-corrected chi connectivity index (χ1v) is 5.42. The zero-order valence-electron chi connectivity index (χ0n) is 9.28. The maximum absolute atomic E-state index is 10.9. The molecule has 1 heterocycles. The van der Waals surface area contributed by atoms with Gasteiger partial charge in [-0.05, 0) is 25.1 Å². The summed E-state index contributed by atoms with van der Waals surface area (Å²) in [5.74, 6) is 0.0635. The van der Waals surface area contributed by atoms with E-state index in [2.05, 4.69) is 18.8 Å². The molecular weight excluding hydrogens is 210 g/mol. The number of hydrogen-bond acceptors (Lipinski definition) is 2. The van der Waals surface area contributed by atoms with E-state index in [1.807, 2.05) is 17.7 Å². The Morgan fingerprint density at radius 2 is 2.20 bits per heavy atom. The molecule has 0 aliphatic heterocycles. The molecule has 1 aromatic rings. The van der Waals surface area contributed by atoms with Crippen molar-refractivity contribution in [3.05, 3.63) is 16.7 Å². The summed E-state index contributed by atoms with van der Waals surface area (Å²) in [7, 11) is 0. The first-order valence-electron chi connectivity index (χ1n) is 5.01. The molecule has 0 aromatic carbocycles. The van der Waals surface area contributed by atoms with E-state index in [0.29, 0.717) is 17.1 Å². The molecular formula is C10H17N3OS. The Hall–Kier alpha value is -1.10. The van der Waals surface area contributed by atoms with E-state index in [1.165, 1.54) is 0 Å². The fourth-order valence-corrected chi connectivity index (χ4v) is 2.02. The molecule has 4 nitrogen and oxygen atoms in total. The van der Waals surface area contributed by atoms with Crippen LogP contribution < -0.4 is 5.73 Å². The number of carbonyl (C=O) groups is 1. The summed E-state index contributed by atoms with van der Waals surface area (Å²) in [5, 5.41) is 0. The van der Waals surface area contributed by atoms with Crippen molar-refractivity contribution in [2.24, 2.45) is 5.73 Å². The number of carbonyl (C=O) groups excluding carboxylic acids is 1. The zero-order chi connectivity index (χ0) is 11.6. The van der Waals surface area contributed by atoms with Gasteiger partial charge >= 0.3 is 0 Å². The van der Waals surface area contributed by atoms with Crippen molar-refractivity contribution in [1.82, 2.24) is 9.55 Å². The maximum Gasteiger partial charge on any atom is 0.219 e. The number of rotatable bonds is 4. The molecule has 5 heteroatoms. The van der Waals surface area contributed by atoms with Crippen LogP contribution in [0.15, 0.2) is 6.20 Å². The highest BCUT2D eigenvalue weighted by Gasteiger charge is 2.15. The fourth-order valence-electron chi connectivity index (χ4n) is 1.67. The van der Waals surface area contributed by atoms with Crippen LogP contribution in [0.4, 0.5) is 0 Å². The van der Waals surface area contributed by atoms with Gasteiger partial charge in [-0.25, -0.2) is 0 Å². The van der Waals surface area contributed by atoms with Crippen LogP contribution in [-0.4, -0.2) is 15.5 Å². The lowest BCUT2D eigenvalue weighted by molar-refractivity contribution is -0.118. The monoisotopic (exact) mass is 227 g/mol. The van der Waals surface area contributed by atoms with Crippen LogP contribution in [0.1, 0.15) is 44.8 Å². The quantitative estimate of drug-likeness (QED) is 0.774. The van der Waals surface area contributed by atoms with Crippen LogP contribution in [0.5, 0.6) is 0 Å². The number of aromatic amines is 1. The number of nitrogens with one attached hydrogen (secondary N) is 1. The van der Waals surface area contributed by atoms with Gasteiger partial charge in [0.05, 0.1) is 0 Å². The van der Waals surface area contributed by atoms with Crippen molar-refractivity contribution in [1.29, 1.82) is 0 Å². The molecule has 1 rings (SSSR count). The predicted octanol–water partition coefficient (Wildman–Crippen LogP) is 2.11. The Balaban J connectivity index is 3.06. The zero-order valence-corrected chi connectivity index (χ0v) is 10.1. The average molecular weight is 227 g/mol. The molecule has 1 unspecified atom stereocenters. The minimum Gasteiger partial charge on any atom is -0.370 e. The lowest BCUT2D eigenvalue weighted by atomic mass is 10.1. The van der Waals surface area contributed by atoms with Gasteiger partial charge in [0.1, 0.15) is 0 Å². The third kappa shape index (κ3) is 2.68. The summed E-state index contributed by atoms with van der Waals surface area (Å²) >= 11 is 5.18. The molecule has 0 aliphatic rings. The molecule has 0 spiro atoms. The molecule has 3 N–H and O–H groups in total. The molecule has 1 atom stereocenters. The smallest absolute Gasteiger partial charge is 0.219 e. The summed E-state index contributed by atoms with van der Waals surface area (Å²) in [6.07, 6.45) is 2.20. The molecule has 84 valence electrons. The van der Waals surface area contributed by atoms with Crippen molar-refractivity contribution in [2.75, 3.05) is 0 Å². The summed E-state index contributed by atoms with van der Waals surface area (Å²) in [6.45, 7) is 6.12.